The number of benzene rings is 1. The highest BCUT2D eigenvalue weighted by Crippen LogP contribution is 2.33. The van der Waals surface area contributed by atoms with Gasteiger partial charge in [0.05, 0.1) is 4.92 Å². The van der Waals surface area contributed by atoms with Gasteiger partial charge >= 0.3 is 0 Å². The van der Waals surface area contributed by atoms with Gasteiger partial charge in [0.25, 0.3) is 5.69 Å². The van der Waals surface area contributed by atoms with E-state index >= 15 is 0 Å². The van der Waals surface area contributed by atoms with Gasteiger partial charge in [-0.1, -0.05) is 23.2 Å². The number of hydrogen-bond acceptors (Lipinski definition) is 5. The largest absolute Gasteiger partial charge is 0.362 e. The lowest BCUT2D eigenvalue weighted by Gasteiger charge is -2.32. The maximum Gasteiger partial charge on any atom is 0.269 e. The van der Waals surface area contributed by atoms with Crippen molar-refractivity contribution in [3.8, 4) is 0 Å². The molecule has 1 aromatic rings. The van der Waals surface area contributed by atoms with E-state index in [2.05, 4.69) is 5.32 Å². The van der Waals surface area contributed by atoms with Gasteiger partial charge in [-0.2, -0.15) is 0 Å². The first kappa shape index (κ1) is 14.0. The average Bonchev–Trinajstić information content (AvgIpc) is 2.16. The van der Waals surface area contributed by atoms with Crippen molar-refractivity contribution in [3.05, 3.63) is 34.4 Å². The van der Waals surface area contributed by atoms with Crippen LogP contribution < -0.4 is 5.32 Å². The molecule has 0 saturated carbocycles. The van der Waals surface area contributed by atoms with Crippen molar-refractivity contribution >= 4 is 34.6 Å². The van der Waals surface area contributed by atoms with Crippen molar-refractivity contribution < 1.29 is 15.1 Å². The normalized spacial score (nSPS) is 12.3. The van der Waals surface area contributed by atoms with Gasteiger partial charge < -0.3 is 15.5 Å². The van der Waals surface area contributed by atoms with Gasteiger partial charge in [0.2, 0.25) is 10.2 Å². The molecule has 0 fully saturated rings. The van der Waals surface area contributed by atoms with Crippen molar-refractivity contribution in [3.63, 3.8) is 0 Å². The molecule has 0 aliphatic rings. The van der Waals surface area contributed by atoms with Crippen LogP contribution in [0.3, 0.4) is 0 Å². The predicted octanol–water partition coefficient (Wildman–Crippen LogP) is 1.84. The molecule has 0 heterocycles. The van der Waals surface area contributed by atoms with E-state index in [1.807, 2.05) is 0 Å². The van der Waals surface area contributed by atoms with Crippen LogP contribution in [0, 0.1) is 10.1 Å². The molecular weight excluding hydrogens is 271 g/mol. The van der Waals surface area contributed by atoms with Gasteiger partial charge in [-0.3, -0.25) is 10.1 Å². The monoisotopic (exact) mass is 280 g/mol. The molecule has 0 radical (unpaired) electrons. The standard InChI is InChI=1S/C9H10Cl2N2O4/c1-8(14,15)9(10,11)12-6-2-4-7(5-3-6)13(16)17/h2-5,12,14-15H,1H3. The predicted molar refractivity (Wildman–Crippen MR) is 64.0 cm³/mol. The van der Waals surface area contributed by atoms with E-state index < -0.39 is 15.2 Å². The Bertz CT molecular complexity index is 414. The molecule has 0 atom stereocenters. The molecular formula is C9H10Cl2N2O4. The Morgan fingerprint density at radius 2 is 1.76 bits per heavy atom. The fourth-order valence-electron chi connectivity index (χ4n) is 0.966. The molecule has 0 unspecified atom stereocenters. The Morgan fingerprint density at radius 3 is 2.12 bits per heavy atom. The fraction of sp³-hybridized carbons (Fsp3) is 0.333. The number of nitro benzene ring substituents is 1. The first-order valence-corrected chi connectivity index (χ1v) is 5.24. The molecule has 0 amide bonds. The maximum absolute atomic E-state index is 10.4. The summed E-state index contributed by atoms with van der Waals surface area (Å²) in [6, 6.07) is 5.17. The number of hydrogen-bond donors (Lipinski definition) is 3. The van der Waals surface area contributed by atoms with Crippen molar-refractivity contribution in [2.45, 2.75) is 17.2 Å². The van der Waals surface area contributed by atoms with Crippen molar-refractivity contribution in [2.24, 2.45) is 0 Å². The zero-order chi connectivity index (χ0) is 13.3. The van der Waals surface area contributed by atoms with Crippen molar-refractivity contribution in [2.75, 3.05) is 5.32 Å². The van der Waals surface area contributed by atoms with Gasteiger partial charge in [-0.05, 0) is 19.1 Å². The number of nitro groups is 1. The molecule has 0 aromatic heterocycles. The van der Waals surface area contributed by atoms with E-state index in [4.69, 9.17) is 23.2 Å². The van der Waals surface area contributed by atoms with Crippen LogP contribution in [0.15, 0.2) is 24.3 Å². The molecule has 6 nitrogen and oxygen atoms in total. The van der Waals surface area contributed by atoms with Crippen LogP contribution in [0.5, 0.6) is 0 Å². The lowest BCUT2D eigenvalue weighted by molar-refractivity contribution is -0.384. The molecule has 8 heteroatoms. The van der Waals surface area contributed by atoms with Crippen LogP contribution in [0.2, 0.25) is 0 Å². The Hall–Kier alpha value is -1.08. The highest BCUT2D eigenvalue weighted by molar-refractivity contribution is 6.50. The Labute approximate surface area is 107 Å². The third-order valence-corrected chi connectivity index (χ3v) is 2.88. The lowest BCUT2D eigenvalue weighted by atomic mass is 10.2. The van der Waals surface area contributed by atoms with E-state index in [9.17, 15) is 20.3 Å². The van der Waals surface area contributed by atoms with E-state index in [-0.39, 0.29) is 5.69 Å². The molecule has 3 N–H and O–H groups in total. The number of rotatable bonds is 4. The molecule has 94 valence electrons. The average molecular weight is 281 g/mol. The summed E-state index contributed by atoms with van der Waals surface area (Å²) in [6.07, 6.45) is 0. The maximum atomic E-state index is 10.4. The molecule has 1 rings (SSSR count). The first-order chi connectivity index (χ1) is 7.63. The molecule has 1 aromatic carbocycles. The zero-order valence-electron chi connectivity index (χ0n) is 8.72. The van der Waals surface area contributed by atoms with Crippen LogP contribution in [0.25, 0.3) is 0 Å². The minimum absolute atomic E-state index is 0.0962. The highest BCUT2D eigenvalue weighted by Gasteiger charge is 2.43. The summed E-state index contributed by atoms with van der Waals surface area (Å²) in [5, 5.41) is 31.4. The quantitative estimate of drug-likeness (QED) is 0.257. The Balaban J connectivity index is 2.86. The number of halogens is 2. The summed E-state index contributed by atoms with van der Waals surface area (Å²) in [5.74, 6) is -2.38. The van der Waals surface area contributed by atoms with Crippen molar-refractivity contribution in [1.82, 2.24) is 0 Å². The highest BCUT2D eigenvalue weighted by atomic mass is 35.5. The van der Waals surface area contributed by atoms with Crippen LogP contribution in [0.1, 0.15) is 6.92 Å². The Kier molecular flexibility index (Phi) is 3.83. The molecule has 0 aliphatic heterocycles. The first-order valence-electron chi connectivity index (χ1n) is 4.49. The van der Waals surface area contributed by atoms with Crippen LogP contribution in [0.4, 0.5) is 11.4 Å². The molecule has 0 aliphatic carbocycles. The summed E-state index contributed by atoms with van der Waals surface area (Å²) in [5.41, 5.74) is 0.218. The second kappa shape index (κ2) is 4.66. The summed E-state index contributed by atoms with van der Waals surface area (Å²) >= 11 is 11.3. The van der Waals surface area contributed by atoms with E-state index in [1.54, 1.807) is 0 Å². The molecule has 0 saturated heterocycles. The summed E-state index contributed by atoms with van der Waals surface area (Å²) in [6.45, 7) is 1.01. The Morgan fingerprint density at radius 1 is 1.29 bits per heavy atom. The number of nitrogens with zero attached hydrogens (tertiary/aromatic N) is 1. The van der Waals surface area contributed by atoms with Gasteiger partial charge in [0.1, 0.15) is 0 Å². The number of nitrogens with one attached hydrogen (secondary N) is 1. The van der Waals surface area contributed by atoms with Crippen LogP contribution in [-0.2, 0) is 0 Å². The molecule has 0 bridgehead atoms. The zero-order valence-corrected chi connectivity index (χ0v) is 10.2. The second-order valence-corrected chi connectivity index (χ2v) is 4.85. The SMILES string of the molecule is CC(O)(O)C(Cl)(Cl)Nc1ccc([N+](=O)[O-])cc1. The number of anilines is 1. The minimum atomic E-state index is -2.38. The van der Waals surface area contributed by atoms with Crippen molar-refractivity contribution in [1.29, 1.82) is 0 Å². The van der Waals surface area contributed by atoms with E-state index in [1.165, 1.54) is 24.3 Å². The summed E-state index contributed by atoms with van der Waals surface area (Å²) in [7, 11) is 0. The third-order valence-electron chi connectivity index (χ3n) is 1.97. The smallest absolute Gasteiger partial charge is 0.269 e. The molecule has 0 spiro atoms. The topological polar surface area (TPSA) is 95.6 Å². The third kappa shape index (κ3) is 3.44. The molecule has 17 heavy (non-hydrogen) atoms. The fourth-order valence-corrected chi connectivity index (χ4v) is 1.18. The number of aliphatic hydroxyl groups is 2. The van der Waals surface area contributed by atoms with Gasteiger partial charge in [0, 0.05) is 17.8 Å². The summed E-state index contributed by atoms with van der Waals surface area (Å²) in [4.78, 5) is 9.85. The van der Waals surface area contributed by atoms with Crippen LogP contribution in [-0.4, -0.2) is 25.4 Å². The number of non-ortho nitro benzene ring substituents is 1. The van der Waals surface area contributed by atoms with Crippen LogP contribution >= 0.6 is 23.2 Å². The minimum Gasteiger partial charge on any atom is -0.362 e. The van der Waals surface area contributed by atoms with Gasteiger partial charge in [-0.25, -0.2) is 0 Å². The second-order valence-electron chi connectivity index (χ2n) is 3.52. The van der Waals surface area contributed by atoms with Gasteiger partial charge in [0.15, 0.2) is 0 Å². The summed E-state index contributed by atoms with van der Waals surface area (Å²) < 4.78 is -2.04. The van der Waals surface area contributed by atoms with E-state index in [0.717, 1.165) is 6.92 Å². The number of alkyl halides is 2. The van der Waals surface area contributed by atoms with Gasteiger partial charge in [-0.15, -0.1) is 0 Å². The lowest BCUT2D eigenvalue weighted by Crippen LogP contribution is -2.49. The van der Waals surface area contributed by atoms with E-state index in [0.29, 0.717) is 5.69 Å².